The van der Waals surface area contributed by atoms with Gasteiger partial charge in [-0.25, -0.2) is 9.44 Å². The molecule has 2 aromatic heterocycles. The fourth-order valence-electron chi connectivity index (χ4n) is 0.944. The molecule has 0 aliphatic carbocycles. The van der Waals surface area contributed by atoms with Crippen molar-refractivity contribution >= 4 is 47.4 Å². The predicted octanol–water partition coefficient (Wildman–Crippen LogP) is -1.95. The molecule has 0 aliphatic heterocycles. The van der Waals surface area contributed by atoms with Crippen molar-refractivity contribution in [3.05, 3.63) is 6.20 Å². The first-order valence-electron chi connectivity index (χ1n) is 3.20. The van der Waals surface area contributed by atoms with Crippen LogP contribution in [0.4, 0.5) is 0 Å². The number of rotatable bonds is 0. The summed E-state index contributed by atoms with van der Waals surface area (Å²) in [5.74, 6) is 0. The van der Waals surface area contributed by atoms with Gasteiger partial charge in [0, 0.05) is 17.4 Å². The smallest absolute Gasteiger partial charge is 0.178 e. The molecule has 0 saturated heterocycles. The quantitative estimate of drug-likeness (QED) is 0.342. The number of fused-ring (bicyclic) bond motifs is 1. The molecule has 0 fully saturated rings. The molecule has 0 aromatic carbocycles. The van der Waals surface area contributed by atoms with E-state index in [0.29, 0.717) is 22.4 Å². The standard InChI is InChI=1S/C5H3B2N4P/c6-2-1-8-3-4(7)10-11(12)5(3)9-2/h1H,12H2. The summed E-state index contributed by atoms with van der Waals surface area (Å²) in [6, 6.07) is 0. The average Bonchev–Trinajstić information content (AvgIpc) is 2.28. The van der Waals surface area contributed by atoms with Crippen molar-refractivity contribution in [2.45, 2.75) is 0 Å². The van der Waals surface area contributed by atoms with Crippen LogP contribution >= 0.6 is 9.39 Å². The molecule has 0 N–H and O–H groups in total. The van der Waals surface area contributed by atoms with E-state index in [2.05, 4.69) is 24.5 Å². The van der Waals surface area contributed by atoms with Crippen LogP contribution in [-0.4, -0.2) is 35.2 Å². The van der Waals surface area contributed by atoms with Crippen LogP contribution in [0.3, 0.4) is 0 Å². The molecule has 2 aromatic rings. The van der Waals surface area contributed by atoms with Crippen LogP contribution in [0.15, 0.2) is 6.20 Å². The highest BCUT2D eigenvalue weighted by Gasteiger charge is 2.05. The zero-order chi connectivity index (χ0) is 8.72. The summed E-state index contributed by atoms with van der Waals surface area (Å²) >= 11 is 0. The molecule has 2 rings (SSSR count). The molecule has 1 atom stereocenters. The molecule has 12 heavy (non-hydrogen) atoms. The Morgan fingerprint density at radius 2 is 2.17 bits per heavy atom. The van der Waals surface area contributed by atoms with Gasteiger partial charge in [-0.05, 0) is 9.39 Å². The largest absolute Gasteiger partial charge is 0.251 e. The van der Waals surface area contributed by atoms with Gasteiger partial charge in [-0.3, -0.25) is 4.98 Å². The van der Waals surface area contributed by atoms with Crippen molar-refractivity contribution in [2.24, 2.45) is 0 Å². The van der Waals surface area contributed by atoms with E-state index in [1.54, 1.807) is 0 Å². The number of nitrogens with zero attached hydrogens (tertiary/aromatic N) is 4. The van der Waals surface area contributed by atoms with Gasteiger partial charge in [0.1, 0.15) is 21.2 Å². The Morgan fingerprint density at radius 3 is 2.92 bits per heavy atom. The molecule has 4 nitrogen and oxygen atoms in total. The lowest BCUT2D eigenvalue weighted by molar-refractivity contribution is 1.04. The third kappa shape index (κ3) is 1.03. The van der Waals surface area contributed by atoms with E-state index in [9.17, 15) is 0 Å². The Bertz CT molecular complexity index is 440. The molecule has 0 amide bonds. The minimum Gasteiger partial charge on any atom is -0.251 e. The summed E-state index contributed by atoms with van der Waals surface area (Å²) in [5.41, 5.74) is 1.84. The van der Waals surface area contributed by atoms with E-state index in [1.165, 1.54) is 10.6 Å². The number of hydrogen-bond acceptors (Lipinski definition) is 3. The Morgan fingerprint density at radius 1 is 1.42 bits per heavy atom. The molecular formula is C5H3B2N4P. The van der Waals surface area contributed by atoms with E-state index in [0.717, 1.165) is 0 Å². The van der Waals surface area contributed by atoms with Crippen LogP contribution in [-0.2, 0) is 0 Å². The Kier molecular flexibility index (Phi) is 1.65. The summed E-state index contributed by atoms with van der Waals surface area (Å²) in [7, 11) is 13.3. The molecule has 1 unspecified atom stereocenters. The summed E-state index contributed by atoms with van der Waals surface area (Å²) in [4.78, 5) is 8.00. The van der Waals surface area contributed by atoms with Crippen molar-refractivity contribution in [2.75, 3.05) is 0 Å². The maximum Gasteiger partial charge on any atom is 0.178 e. The minimum absolute atomic E-state index is 0.353. The zero-order valence-electron chi connectivity index (χ0n) is 6.10. The SMILES string of the molecule is [B]c1cnc2c([B])nn(P)c2n1. The van der Waals surface area contributed by atoms with Gasteiger partial charge in [0.05, 0.1) is 0 Å². The van der Waals surface area contributed by atoms with Crippen molar-refractivity contribution in [3.8, 4) is 0 Å². The highest BCUT2D eigenvalue weighted by molar-refractivity contribution is 7.14. The molecule has 2 heterocycles. The van der Waals surface area contributed by atoms with E-state index in [-0.39, 0.29) is 0 Å². The second kappa shape index (κ2) is 2.56. The van der Waals surface area contributed by atoms with Gasteiger partial charge in [0.15, 0.2) is 5.65 Å². The highest BCUT2D eigenvalue weighted by Crippen LogP contribution is 2.04. The van der Waals surface area contributed by atoms with Gasteiger partial charge in [-0.15, -0.1) is 0 Å². The minimum atomic E-state index is 0.353. The van der Waals surface area contributed by atoms with Crippen LogP contribution in [0.25, 0.3) is 11.2 Å². The lowest BCUT2D eigenvalue weighted by Gasteiger charge is -1.93. The molecule has 0 aliphatic rings. The maximum absolute atomic E-state index is 5.54. The first kappa shape index (κ1) is 7.74. The Labute approximate surface area is 73.8 Å². The normalized spacial score (nSPS) is 10.8. The third-order valence-electron chi connectivity index (χ3n) is 1.45. The average molecular weight is 172 g/mol. The fraction of sp³-hybridized carbons (Fsp3) is 0. The van der Waals surface area contributed by atoms with Crippen LogP contribution in [0.5, 0.6) is 0 Å². The van der Waals surface area contributed by atoms with E-state index < -0.39 is 0 Å². The zero-order valence-corrected chi connectivity index (χ0v) is 7.25. The van der Waals surface area contributed by atoms with Gasteiger partial charge in [0.2, 0.25) is 0 Å². The first-order chi connectivity index (χ1) is 5.68. The Balaban J connectivity index is 2.90. The fourth-order valence-corrected chi connectivity index (χ4v) is 1.25. The van der Waals surface area contributed by atoms with Crippen molar-refractivity contribution in [3.63, 3.8) is 0 Å². The van der Waals surface area contributed by atoms with Gasteiger partial charge in [-0.1, -0.05) is 0 Å². The first-order valence-corrected chi connectivity index (χ1v) is 3.72. The predicted molar refractivity (Wildman–Crippen MR) is 51.2 cm³/mol. The molecule has 0 saturated carbocycles. The molecule has 7 heteroatoms. The Hall–Kier alpha value is -0.890. The molecular weight excluding hydrogens is 169 g/mol. The molecule has 54 valence electrons. The maximum atomic E-state index is 5.54. The molecule has 0 spiro atoms. The second-order valence-electron chi connectivity index (χ2n) is 2.30. The topological polar surface area (TPSA) is 43.6 Å². The summed E-state index contributed by atoms with van der Waals surface area (Å²) in [6.45, 7) is 0. The summed E-state index contributed by atoms with van der Waals surface area (Å²) in [5, 5.41) is 3.91. The highest BCUT2D eigenvalue weighted by atomic mass is 31.0. The van der Waals surface area contributed by atoms with Crippen LogP contribution in [0.2, 0.25) is 0 Å². The van der Waals surface area contributed by atoms with Gasteiger partial charge < -0.3 is 0 Å². The van der Waals surface area contributed by atoms with Crippen molar-refractivity contribution in [1.29, 1.82) is 0 Å². The van der Waals surface area contributed by atoms with Crippen LogP contribution in [0, 0.1) is 0 Å². The monoisotopic (exact) mass is 172 g/mol. The van der Waals surface area contributed by atoms with E-state index >= 15 is 0 Å². The number of aromatic nitrogens is 4. The molecule has 4 radical (unpaired) electrons. The van der Waals surface area contributed by atoms with Gasteiger partial charge >= 0.3 is 0 Å². The summed E-state index contributed by atoms with van der Waals surface area (Å²) < 4.78 is 1.47. The van der Waals surface area contributed by atoms with Crippen LogP contribution < -0.4 is 11.2 Å². The number of hydrogen-bond donors (Lipinski definition) is 0. The second-order valence-corrected chi connectivity index (χ2v) is 2.79. The van der Waals surface area contributed by atoms with E-state index in [1.807, 2.05) is 0 Å². The van der Waals surface area contributed by atoms with Crippen molar-refractivity contribution < 1.29 is 0 Å². The lowest BCUT2D eigenvalue weighted by atomic mass is 10.0. The molecule has 0 bridgehead atoms. The van der Waals surface area contributed by atoms with Crippen molar-refractivity contribution in [1.82, 2.24) is 19.5 Å². The third-order valence-corrected chi connectivity index (χ3v) is 1.81. The summed E-state index contributed by atoms with van der Waals surface area (Å²) in [6.07, 6.45) is 1.45. The van der Waals surface area contributed by atoms with E-state index in [4.69, 9.17) is 15.7 Å². The van der Waals surface area contributed by atoms with Gasteiger partial charge in [0.25, 0.3) is 0 Å². The lowest BCUT2D eigenvalue weighted by Crippen LogP contribution is -2.11. The van der Waals surface area contributed by atoms with Gasteiger partial charge in [-0.2, -0.15) is 5.10 Å². The van der Waals surface area contributed by atoms with Crippen LogP contribution in [0.1, 0.15) is 0 Å².